The van der Waals surface area contributed by atoms with Gasteiger partial charge in [-0.05, 0) is 24.3 Å². The number of Topliss-reactive ketones (excluding diaryl/α,β-unsaturated/α-hetero) is 1. The van der Waals surface area contributed by atoms with Crippen LogP contribution in [0.15, 0.2) is 74.1 Å². The molecule has 0 atom stereocenters. The zero-order chi connectivity index (χ0) is 17.2. The molecule has 1 N–H and O–H groups in total. The van der Waals surface area contributed by atoms with Gasteiger partial charge in [0.1, 0.15) is 11.3 Å². The number of aromatic nitrogens is 1. The molecule has 124 valence electrons. The van der Waals surface area contributed by atoms with E-state index in [0.717, 1.165) is 15.4 Å². The maximum absolute atomic E-state index is 12.3. The molecule has 0 aliphatic heterocycles. The van der Waals surface area contributed by atoms with Crippen LogP contribution in [0.5, 0.6) is 0 Å². The minimum absolute atomic E-state index is 0.0643. The van der Waals surface area contributed by atoms with E-state index in [0.29, 0.717) is 22.9 Å². The van der Waals surface area contributed by atoms with Crippen LogP contribution in [0.1, 0.15) is 10.6 Å². The lowest BCUT2D eigenvalue weighted by Gasteiger charge is -1.98. The number of anilines is 1. The average Bonchev–Trinajstić information content (AvgIpc) is 3.27. The topological polar surface area (TPSA) is 68.3 Å². The van der Waals surface area contributed by atoms with Gasteiger partial charge in [-0.3, -0.25) is 4.79 Å². The third-order valence-corrected chi connectivity index (χ3v) is 4.30. The highest BCUT2D eigenvalue weighted by molar-refractivity contribution is 9.10. The largest absolute Gasteiger partial charge is 0.453 e. The fraction of sp³-hybridized carbons (Fsp3) is 0.0526. The highest BCUT2D eigenvalue weighted by atomic mass is 79.9. The minimum Gasteiger partial charge on any atom is -0.453 e. The molecule has 0 amide bonds. The van der Waals surface area contributed by atoms with Crippen LogP contribution in [0.3, 0.4) is 0 Å². The van der Waals surface area contributed by atoms with Gasteiger partial charge < -0.3 is 14.3 Å². The second kappa shape index (κ2) is 6.57. The van der Waals surface area contributed by atoms with Crippen molar-refractivity contribution in [1.29, 1.82) is 0 Å². The Bertz CT molecular complexity index is 1000. The third kappa shape index (κ3) is 3.34. The maximum Gasteiger partial charge on any atom is 0.225 e. The van der Waals surface area contributed by atoms with Crippen molar-refractivity contribution >= 4 is 38.6 Å². The fourth-order valence-electron chi connectivity index (χ4n) is 2.49. The van der Waals surface area contributed by atoms with E-state index < -0.39 is 0 Å². The normalized spacial score (nSPS) is 10.9. The highest BCUT2D eigenvalue weighted by Gasteiger charge is 2.13. The molecule has 0 saturated heterocycles. The molecule has 0 spiro atoms. The Morgan fingerprint density at radius 3 is 2.68 bits per heavy atom. The lowest BCUT2D eigenvalue weighted by Crippen LogP contribution is -2.12. The maximum atomic E-state index is 12.3. The summed E-state index contributed by atoms with van der Waals surface area (Å²) in [5, 5.41) is 7.86. The Kier molecular flexibility index (Phi) is 4.11. The van der Waals surface area contributed by atoms with Crippen LogP contribution in [-0.4, -0.2) is 17.5 Å². The first kappa shape index (κ1) is 15.7. The summed E-state index contributed by atoms with van der Waals surface area (Å²) >= 11 is 3.40. The van der Waals surface area contributed by atoms with Gasteiger partial charge in [0.2, 0.25) is 11.7 Å². The number of carbonyl (C=O) groups excluding carboxylic acids is 1. The third-order valence-electron chi connectivity index (χ3n) is 3.77. The number of carbonyl (C=O) groups is 1. The monoisotopic (exact) mass is 396 g/mol. The molecule has 0 saturated carbocycles. The molecular formula is C19H13BrN2O3. The first-order valence-electron chi connectivity index (χ1n) is 7.67. The van der Waals surface area contributed by atoms with Crippen LogP contribution < -0.4 is 5.32 Å². The zero-order valence-corrected chi connectivity index (χ0v) is 14.6. The first-order valence-corrected chi connectivity index (χ1v) is 8.47. The Hall–Kier alpha value is -2.86. The van der Waals surface area contributed by atoms with Crippen molar-refractivity contribution in [2.24, 2.45) is 0 Å². The summed E-state index contributed by atoms with van der Waals surface area (Å²) < 4.78 is 11.8. The van der Waals surface area contributed by atoms with Crippen LogP contribution in [0.25, 0.3) is 22.2 Å². The van der Waals surface area contributed by atoms with Gasteiger partial charge in [-0.15, -0.1) is 0 Å². The summed E-state index contributed by atoms with van der Waals surface area (Å²) in [7, 11) is 0. The van der Waals surface area contributed by atoms with Crippen molar-refractivity contribution in [3.8, 4) is 11.3 Å². The molecule has 5 nitrogen and oxygen atoms in total. The number of nitrogens with one attached hydrogen (secondary N) is 1. The smallest absolute Gasteiger partial charge is 0.225 e. The number of furan rings is 1. The van der Waals surface area contributed by atoms with E-state index in [2.05, 4.69) is 26.4 Å². The first-order chi connectivity index (χ1) is 12.2. The summed E-state index contributed by atoms with van der Waals surface area (Å²) in [6, 6.07) is 18.8. The van der Waals surface area contributed by atoms with Gasteiger partial charge in [-0.1, -0.05) is 51.4 Å². The van der Waals surface area contributed by atoms with Crippen molar-refractivity contribution in [2.75, 3.05) is 11.9 Å². The molecule has 2 aromatic heterocycles. The van der Waals surface area contributed by atoms with E-state index in [4.69, 9.17) is 8.94 Å². The van der Waals surface area contributed by atoms with Gasteiger partial charge in [0.05, 0.1) is 6.54 Å². The fourth-order valence-corrected chi connectivity index (χ4v) is 2.75. The zero-order valence-electron chi connectivity index (χ0n) is 13.0. The summed E-state index contributed by atoms with van der Waals surface area (Å²) in [5.74, 6) is 0.599. The van der Waals surface area contributed by atoms with E-state index in [-0.39, 0.29) is 12.3 Å². The molecule has 4 aromatic rings. The second-order valence-corrected chi connectivity index (χ2v) is 6.42. The number of benzene rings is 2. The molecule has 25 heavy (non-hydrogen) atoms. The highest BCUT2D eigenvalue weighted by Crippen LogP contribution is 2.24. The van der Waals surface area contributed by atoms with Gasteiger partial charge in [0.15, 0.2) is 5.76 Å². The van der Waals surface area contributed by atoms with Crippen LogP contribution in [0, 0.1) is 0 Å². The van der Waals surface area contributed by atoms with Crippen molar-refractivity contribution in [3.05, 3.63) is 70.9 Å². The molecule has 0 bridgehead atoms. The molecule has 2 aromatic carbocycles. The molecule has 6 heteroatoms. The van der Waals surface area contributed by atoms with E-state index in [1.54, 1.807) is 12.1 Å². The summed E-state index contributed by atoms with van der Waals surface area (Å²) in [4.78, 5) is 12.3. The SMILES string of the molecule is O=C(CNc1cc(-c2ccc(Br)cc2)no1)c1cc2ccccc2o1. The standard InChI is InChI=1S/C19H13BrN2O3/c20-14-7-5-12(6-8-14)15-10-19(25-22-15)21-11-16(23)18-9-13-3-1-2-4-17(13)24-18/h1-10,21H,11H2. The van der Waals surface area contributed by atoms with Crippen LogP contribution in [-0.2, 0) is 0 Å². The molecule has 0 aliphatic rings. The number of nitrogens with zero attached hydrogens (tertiary/aromatic N) is 1. The molecule has 0 unspecified atom stereocenters. The quantitative estimate of drug-likeness (QED) is 0.472. The average molecular weight is 397 g/mol. The molecule has 0 aliphatic carbocycles. The van der Waals surface area contributed by atoms with E-state index in [9.17, 15) is 4.79 Å². The summed E-state index contributed by atoms with van der Waals surface area (Å²) in [5.41, 5.74) is 2.33. The van der Waals surface area contributed by atoms with Crippen molar-refractivity contribution in [3.63, 3.8) is 0 Å². The van der Waals surface area contributed by atoms with Gasteiger partial charge >= 0.3 is 0 Å². The predicted molar refractivity (Wildman–Crippen MR) is 98.7 cm³/mol. The number of halogens is 1. The summed E-state index contributed by atoms with van der Waals surface area (Å²) in [6.45, 7) is 0.0643. The number of ketones is 1. The minimum atomic E-state index is -0.155. The van der Waals surface area contributed by atoms with Crippen molar-refractivity contribution < 1.29 is 13.7 Å². The van der Waals surface area contributed by atoms with Gasteiger partial charge in [-0.2, -0.15) is 0 Å². The second-order valence-electron chi connectivity index (χ2n) is 5.51. The number of rotatable bonds is 5. The molecule has 0 fully saturated rings. The summed E-state index contributed by atoms with van der Waals surface area (Å²) in [6.07, 6.45) is 0. The number of para-hydroxylation sites is 1. The Balaban J connectivity index is 1.44. The molecule has 2 heterocycles. The van der Waals surface area contributed by atoms with Crippen molar-refractivity contribution in [1.82, 2.24) is 5.16 Å². The Morgan fingerprint density at radius 2 is 1.88 bits per heavy atom. The Morgan fingerprint density at radius 1 is 1.08 bits per heavy atom. The van der Waals surface area contributed by atoms with Gasteiger partial charge in [0.25, 0.3) is 0 Å². The number of hydrogen-bond donors (Lipinski definition) is 1. The lowest BCUT2D eigenvalue weighted by molar-refractivity contribution is 0.0981. The van der Waals surface area contributed by atoms with Crippen molar-refractivity contribution in [2.45, 2.75) is 0 Å². The van der Waals surface area contributed by atoms with E-state index in [1.165, 1.54) is 0 Å². The number of fused-ring (bicyclic) bond motifs is 1. The Labute approximate surface area is 151 Å². The van der Waals surface area contributed by atoms with Crippen LogP contribution in [0.4, 0.5) is 5.88 Å². The molecule has 0 radical (unpaired) electrons. The van der Waals surface area contributed by atoms with Crippen LogP contribution >= 0.6 is 15.9 Å². The van der Waals surface area contributed by atoms with E-state index in [1.807, 2.05) is 48.5 Å². The lowest BCUT2D eigenvalue weighted by atomic mass is 10.1. The van der Waals surface area contributed by atoms with Crippen LogP contribution in [0.2, 0.25) is 0 Å². The van der Waals surface area contributed by atoms with Gasteiger partial charge in [-0.25, -0.2) is 0 Å². The predicted octanol–water partition coefficient (Wildman–Crippen LogP) is 5.15. The number of hydrogen-bond acceptors (Lipinski definition) is 5. The molecular weight excluding hydrogens is 384 g/mol. The van der Waals surface area contributed by atoms with E-state index >= 15 is 0 Å². The molecule has 4 rings (SSSR count). The van der Waals surface area contributed by atoms with Gasteiger partial charge in [0, 0.05) is 21.5 Å².